The number of nitrogens with zero attached hydrogens (tertiary/aromatic N) is 1. The molecule has 0 bridgehead atoms. The fourth-order valence-electron chi connectivity index (χ4n) is 4.96. The number of carbonyl (C=O) groups excluding carboxylic acids is 1. The lowest BCUT2D eigenvalue weighted by atomic mass is 9.89. The van der Waals surface area contributed by atoms with Gasteiger partial charge in [0.15, 0.2) is 0 Å². The summed E-state index contributed by atoms with van der Waals surface area (Å²) < 4.78 is 6.36. The lowest BCUT2D eigenvalue weighted by Crippen LogP contribution is -2.33. The number of amides is 1. The van der Waals surface area contributed by atoms with Gasteiger partial charge in [0.1, 0.15) is 11.9 Å². The van der Waals surface area contributed by atoms with Crippen LogP contribution in [0.2, 0.25) is 10.0 Å². The van der Waals surface area contributed by atoms with E-state index in [1.165, 1.54) is 5.56 Å². The van der Waals surface area contributed by atoms with Crippen molar-refractivity contribution in [2.24, 2.45) is 5.92 Å². The van der Waals surface area contributed by atoms with Crippen molar-refractivity contribution in [1.82, 2.24) is 4.90 Å². The summed E-state index contributed by atoms with van der Waals surface area (Å²) in [6.07, 6.45) is 5.43. The predicted octanol–water partition coefficient (Wildman–Crippen LogP) is 8.76. The van der Waals surface area contributed by atoms with E-state index < -0.39 is 0 Å². The van der Waals surface area contributed by atoms with Gasteiger partial charge in [-0.25, -0.2) is 0 Å². The van der Waals surface area contributed by atoms with E-state index in [-0.39, 0.29) is 17.9 Å². The number of halogens is 2. The molecule has 4 nitrogen and oxygen atoms in total. The van der Waals surface area contributed by atoms with Crippen LogP contribution in [0.4, 0.5) is 5.69 Å². The topological polar surface area (TPSA) is 41.6 Å². The van der Waals surface area contributed by atoms with Crippen molar-refractivity contribution in [1.29, 1.82) is 0 Å². The monoisotopic (exact) mass is 552 g/mol. The Labute approximate surface area is 237 Å². The van der Waals surface area contributed by atoms with Crippen LogP contribution in [0, 0.1) is 5.92 Å². The molecule has 202 valence electrons. The minimum atomic E-state index is -0.0253. The number of piperidine rings is 1. The Morgan fingerprint density at radius 3 is 2.26 bits per heavy atom. The van der Waals surface area contributed by atoms with Gasteiger partial charge in [-0.1, -0.05) is 61.3 Å². The van der Waals surface area contributed by atoms with Crippen molar-refractivity contribution in [3.63, 3.8) is 0 Å². The van der Waals surface area contributed by atoms with E-state index in [9.17, 15) is 4.79 Å². The van der Waals surface area contributed by atoms with Crippen LogP contribution in [0.5, 0.6) is 5.75 Å². The van der Waals surface area contributed by atoms with Crippen LogP contribution in [-0.4, -0.2) is 30.4 Å². The zero-order valence-electron chi connectivity index (χ0n) is 22.3. The van der Waals surface area contributed by atoms with Crippen molar-refractivity contribution >= 4 is 34.8 Å². The molecule has 1 saturated heterocycles. The van der Waals surface area contributed by atoms with E-state index in [2.05, 4.69) is 40.5 Å². The molecule has 0 spiro atoms. The van der Waals surface area contributed by atoms with Crippen LogP contribution < -0.4 is 10.1 Å². The molecular formula is C32H38Cl2N2O2. The second kappa shape index (κ2) is 14.0. The van der Waals surface area contributed by atoms with Crippen LogP contribution in [0.1, 0.15) is 69.1 Å². The number of hydrogen-bond acceptors (Lipinski definition) is 3. The number of unbranched alkanes of at least 4 members (excludes halogenated alkanes) is 1. The lowest BCUT2D eigenvalue weighted by molar-refractivity contribution is -0.118. The molecule has 6 heteroatoms. The number of nitrogens with one attached hydrogen (secondary N) is 1. The van der Waals surface area contributed by atoms with E-state index in [1.54, 1.807) is 0 Å². The van der Waals surface area contributed by atoms with Crippen LogP contribution >= 0.6 is 23.2 Å². The SMILES string of the molecule is CC(C)C(=O)Nc1cccc(C2CCN(CCCCC(Oc3ccc(Cl)cc3)c3ccc(Cl)cc3)CC2)c1. The van der Waals surface area contributed by atoms with Gasteiger partial charge >= 0.3 is 0 Å². The minimum Gasteiger partial charge on any atom is -0.486 e. The highest BCUT2D eigenvalue weighted by atomic mass is 35.5. The molecule has 4 rings (SSSR count). The normalized spacial score (nSPS) is 15.4. The van der Waals surface area contributed by atoms with Crippen LogP contribution in [-0.2, 0) is 4.79 Å². The molecule has 38 heavy (non-hydrogen) atoms. The number of ether oxygens (including phenoxy) is 1. The highest BCUT2D eigenvalue weighted by Crippen LogP contribution is 2.31. The first kappa shape index (κ1) is 28.5. The third-order valence-corrected chi connectivity index (χ3v) is 7.77. The van der Waals surface area contributed by atoms with Crippen LogP contribution in [0.15, 0.2) is 72.8 Å². The van der Waals surface area contributed by atoms with Crippen molar-refractivity contribution < 1.29 is 9.53 Å². The molecule has 1 aliphatic rings. The highest BCUT2D eigenvalue weighted by Gasteiger charge is 2.21. The number of benzene rings is 3. The third kappa shape index (κ3) is 8.49. The second-order valence-corrected chi connectivity index (χ2v) is 11.4. The molecule has 1 aliphatic heterocycles. The molecule has 1 unspecified atom stereocenters. The first-order valence-electron chi connectivity index (χ1n) is 13.7. The minimum absolute atomic E-state index is 0.0210. The molecular weight excluding hydrogens is 515 g/mol. The Kier molecular flexibility index (Phi) is 10.5. The number of carbonyl (C=O) groups is 1. The number of hydrogen-bond donors (Lipinski definition) is 1. The van der Waals surface area contributed by atoms with Gasteiger partial charge in [0.25, 0.3) is 0 Å². The Morgan fingerprint density at radius 1 is 0.947 bits per heavy atom. The van der Waals surface area contributed by atoms with Crippen LogP contribution in [0.3, 0.4) is 0 Å². The van der Waals surface area contributed by atoms with Crippen molar-refractivity contribution in [2.45, 2.75) is 58.0 Å². The molecule has 0 saturated carbocycles. The fraction of sp³-hybridized carbons (Fsp3) is 0.406. The molecule has 0 aliphatic carbocycles. The van der Waals surface area contributed by atoms with Crippen molar-refractivity contribution in [2.75, 3.05) is 25.0 Å². The Morgan fingerprint density at radius 2 is 1.61 bits per heavy atom. The Hall–Kier alpha value is -2.53. The van der Waals surface area contributed by atoms with E-state index in [0.717, 1.165) is 73.8 Å². The summed E-state index contributed by atoms with van der Waals surface area (Å²) in [6.45, 7) is 7.15. The van der Waals surface area contributed by atoms with E-state index >= 15 is 0 Å². The Balaban J connectivity index is 1.24. The maximum absolute atomic E-state index is 12.1. The average molecular weight is 554 g/mol. The predicted molar refractivity (Wildman–Crippen MR) is 158 cm³/mol. The van der Waals surface area contributed by atoms with Gasteiger partial charge in [-0.05, 0) is 117 Å². The maximum Gasteiger partial charge on any atom is 0.226 e. The second-order valence-electron chi connectivity index (χ2n) is 10.5. The highest BCUT2D eigenvalue weighted by molar-refractivity contribution is 6.30. The van der Waals surface area contributed by atoms with Gasteiger partial charge in [-0.3, -0.25) is 4.79 Å². The first-order valence-corrected chi connectivity index (χ1v) is 14.4. The summed E-state index contributed by atoms with van der Waals surface area (Å²) in [5, 5.41) is 4.47. The van der Waals surface area contributed by atoms with Gasteiger partial charge in [0.05, 0.1) is 0 Å². The molecule has 0 aromatic heterocycles. The van der Waals surface area contributed by atoms with E-state index in [1.807, 2.05) is 56.3 Å². The summed E-state index contributed by atoms with van der Waals surface area (Å²) >= 11 is 12.2. The molecule has 1 heterocycles. The summed E-state index contributed by atoms with van der Waals surface area (Å²) in [6, 6.07) is 23.9. The van der Waals surface area contributed by atoms with Crippen molar-refractivity contribution in [3.05, 3.63) is 94.0 Å². The zero-order chi connectivity index (χ0) is 26.9. The fourth-order valence-corrected chi connectivity index (χ4v) is 5.21. The summed E-state index contributed by atoms with van der Waals surface area (Å²) in [5.74, 6) is 1.41. The molecule has 1 atom stereocenters. The standard InChI is InChI=1S/C32H38Cl2N2O2/c1-23(2)32(37)35-29-7-5-6-26(22-29)24-17-20-36(21-18-24)19-4-3-8-31(25-9-11-27(33)12-10-25)38-30-15-13-28(34)14-16-30/h5-7,9-16,22-24,31H,3-4,8,17-21H2,1-2H3,(H,35,37). The van der Waals surface area contributed by atoms with Gasteiger partial charge < -0.3 is 15.0 Å². The van der Waals surface area contributed by atoms with E-state index in [4.69, 9.17) is 27.9 Å². The summed E-state index contributed by atoms with van der Waals surface area (Å²) in [7, 11) is 0. The third-order valence-electron chi connectivity index (χ3n) is 7.26. The molecule has 1 fully saturated rings. The first-order chi connectivity index (χ1) is 18.4. The summed E-state index contributed by atoms with van der Waals surface area (Å²) in [5.41, 5.74) is 3.37. The molecule has 1 amide bonds. The maximum atomic E-state index is 12.1. The Bertz CT molecular complexity index is 1160. The number of rotatable bonds is 11. The molecule has 0 radical (unpaired) electrons. The van der Waals surface area contributed by atoms with Gasteiger partial charge in [-0.15, -0.1) is 0 Å². The van der Waals surface area contributed by atoms with Gasteiger partial charge in [-0.2, -0.15) is 0 Å². The molecule has 3 aromatic rings. The van der Waals surface area contributed by atoms with Crippen molar-refractivity contribution in [3.8, 4) is 5.75 Å². The lowest BCUT2D eigenvalue weighted by Gasteiger charge is -2.32. The molecule has 3 aromatic carbocycles. The summed E-state index contributed by atoms with van der Waals surface area (Å²) in [4.78, 5) is 14.7. The average Bonchev–Trinajstić information content (AvgIpc) is 2.92. The molecule has 1 N–H and O–H groups in total. The van der Waals surface area contributed by atoms with Crippen LogP contribution in [0.25, 0.3) is 0 Å². The number of anilines is 1. The number of likely N-dealkylation sites (tertiary alicyclic amines) is 1. The zero-order valence-corrected chi connectivity index (χ0v) is 23.8. The largest absolute Gasteiger partial charge is 0.486 e. The van der Waals surface area contributed by atoms with Gasteiger partial charge in [0.2, 0.25) is 5.91 Å². The smallest absolute Gasteiger partial charge is 0.226 e. The quantitative estimate of drug-likeness (QED) is 0.241. The van der Waals surface area contributed by atoms with E-state index in [0.29, 0.717) is 10.9 Å². The van der Waals surface area contributed by atoms with Gasteiger partial charge in [0, 0.05) is 21.7 Å².